The zero-order valence-electron chi connectivity index (χ0n) is 8.70. The lowest BCUT2D eigenvalue weighted by Crippen LogP contribution is -2.25. The van der Waals surface area contributed by atoms with Crippen molar-refractivity contribution in [3.63, 3.8) is 0 Å². The molecule has 13 heavy (non-hydrogen) atoms. The first-order valence-electron chi connectivity index (χ1n) is 4.85. The molecule has 0 saturated carbocycles. The highest BCUT2D eigenvalue weighted by molar-refractivity contribution is 7.99. The predicted octanol–water partition coefficient (Wildman–Crippen LogP) is 1.61. The summed E-state index contributed by atoms with van der Waals surface area (Å²) in [6.07, 6.45) is 1.24. The molecule has 0 spiro atoms. The fourth-order valence-corrected chi connectivity index (χ4v) is 1.94. The van der Waals surface area contributed by atoms with E-state index >= 15 is 0 Å². The Hall–Kier alpha value is 0.01000. The van der Waals surface area contributed by atoms with Gasteiger partial charge in [0, 0.05) is 18.1 Å². The maximum absolute atomic E-state index is 9.19. The van der Waals surface area contributed by atoms with Gasteiger partial charge in [-0.15, -0.1) is 6.58 Å². The van der Waals surface area contributed by atoms with Gasteiger partial charge in [-0.25, -0.2) is 0 Å². The summed E-state index contributed by atoms with van der Waals surface area (Å²) in [5.74, 6) is 1.86. The molecule has 0 radical (unpaired) electrons. The molecule has 78 valence electrons. The number of aliphatic hydroxyl groups is 1. The molecule has 3 heteroatoms. The van der Waals surface area contributed by atoms with Crippen LogP contribution < -0.4 is 0 Å². The first-order chi connectivity index (χ1) is 6.24. The number of aliphatic hydroxyl groups excluding tert-OH is 1. The second-order valence-corrected chi connectivity index (χ2v) is 4.05. The SMILES string of the molecule is C=C[C@@H](O)CSCCN(CC)CC. The van der Waals surface area contributed by atoms with Crippen LogP contribution in [0.15, 0.2) is 12.7 Å². The summed E-state index contributed by atoms with van der Waals surface area (Å²) in [6.45, 7) is 11.2. The number of hydrogen-bond donors (Lipinski definition) is 1. The normalized spacial score (nSPS) is 13.2. The van der Waals surface area contributed by atoms with Gasteiger partial charge in [-0.2, -0.15) is 11.8 Å². The van der Waals surface area contributed by atoms with Crippen molar-refractivity contribution in [1.29, 1.82) is 0 Å². The topological polar surface area (TPSA) is 23.5 Å². The Kier molecular flexibility index (Phi) is 8.61. The molecule has 2 nitrogen and oxygen atoms in total. The summed E-state index contributed by atoms with van der Waals surface area (Å²) in [5.41, 5.74) is 0. The van der Waals surface area contributed by atoms with E-state index in [1.807, 2.05) is 0 Å². The maximum Gasteiger partial charge on any atom is 0.0808 e. The molecule has 0 aromatic carbocycles. The van der Waals surface area contributed by atoms with Crippen LogP contribution >= 0.6 is 11.8 Å². The molecule has 0 fully saturated rings. The van der Waals surface area contributed by atoms with Crippen LogP contribution in [-0.4, -0.2) is 47.3 Å². The van der Waals surface area contributed by atoms with Crippen molar-refractivity contribution in [2.45, 2.75) is 20.0 Å². The van der Waals surface area contributed by atoms with Crippen molar-refractivity contribution in [3.8, 4) is 0 Å². The molecule has 0 aliphatic rings. The molecule has 1 atom stereocenters. The van der Waals surface area contributed by atoms with E-state index in [1.54, 1.807) is 17.8 Å². The smallest absolute Gasteiger partial charge is 0.0808 e. The third-order valence-electron chi connectivity index (χ3n) is 2.01. The van der Waals surface area contributed by atoms with Crippen LogP contribution in [0.3, 0.4) is 0 Å². The monoisotopic (exact) mass is 203 g/mol. The van der Waals surface area contributed by atoms with Crippen molar-refractivity contribution in [1.82, 2.24) is 4.90 Å². The molecule has 0 bridgehead atoms. The van der Waals surface area contributed by atoms with Crippen LogP contribution in [0.4, 0.5) is 0 Å². The standard InChI is InChI=1S/C10H21NOS/c1-4-10(12)9-13-8-7-11(5-2)6-3/h4,10,12H,1,5-9H2,2-3H3/t10-/m1/s1. The van der Waals surface area contributed by atoms with Gasteiger partial charge in [0.05, 0.1) is 6.10 Å². The van der Waals surface area contributed by atoms with Gasteiger partial charge in [0.1, 0.15) is 0 Å². The number of thioether (sulfide) groups is 1. The van der Waals surface area contributed by atoms with Crippen LogP contribution in [0.1, 0.15) is 13.8 Å². The Labute approximate surface area is 86.0 Å². The molecule has 0 aliphatic carbocycles. The lowest BCUT2D eigenvalue weighted by atomic mass is 10.4. The molecule has 0 heterocycles. The molecule has 0 amide bonds. The molecule has 0 aliphatic heterocycles. The van der Waals surface area contributed by atoms with Crippen molar-refractivity contribution in [2.75, 3.05) is 31.1 Å². The zero-order valence-corrected chi connectivity index (χ0v) is 9.52. The largest absolute Gasteiger partial charge is 0.388 e. The Bertz CT molecular complexity index is 126. The van der Waals surface area contributed by atoms with Gasteiger partial charge in [0.25, 0.3) is 0 Å². The van der Waals surface area contributed by atoms with Crippen LogP contribution in [0, 0.1) is 0 Å². The molecule has 0 saturated heterocycles. The van der Waals surface area contributed by atoms with Gasteiger partial charge in [-0.1, -0.05) is 19.9 Å². The summed E-state index contributed by atoms with van der Waals surface area (Å²) in [6, 6.07) is 0. The third-order valence-corrected chi connectivity index (χ3v) is 3.06. The van der Waals surface area contributed by atoms with Crippen molar-refractivity contribution in [3.05, 3.63) is 12.7 Å². The molecular weight excluding hydrogens is 182 g/mol. The second-order valence-electron chi connectivity index (χ2n) is 2.90. The Morgan fingerprint density at radius 1 is 1.46 bits per heavy atom. The Morgan fingerprint density at radius 3 is 2.54 bits per heavy atom. The van der Waals surface area contributed by atoms with E-state index in [9.17, 15) is 5.11 Å². The summed E-state index contributed by atoms with van der Waals surface area (Å²) in [4.78, 5) is 2.38. The molecule has 0 aromatic rings. The number of rotatable bonds is 8. The van der Waals surface area contributed by atoms with Gasteiger partial charge < -0.3 is 10.0 Å². The molecule has 1 N–H and O–H groups in total. The Balaban J connectivity index is 3.28. The second kappa shape index (κ2) is 8.60. The molecule has 0 rings (SSSR count). The fraction of sp³-hybridized carbons (Fsp3) is 0.800. The summed E-state index contributed by atoms with van der Waals surface area (Å²) in [5, 5.41) is 9.19. The van der Waals surface area contributed by atoms with Crippen molar-refractivity contribution >= 4 is 11.8 Å². The van der Waals surface area contributed by atoms with Crippen LogP contribution in [0.25, 0.3) is 0 Å². The number of nitrogens with zero attached hydrogens (tertiary/aromatic N) is 1. The third kappa shape index (κ3) is 7.11. The summed E-state index contributed by atoms with van der Waals surface area (Å²) in [7, 11) is 0. The highest BCUT2D eigenvalue weighted by atomic mass is 32.2. The lowest BCUT2D eigenvalue weighted by Gasteiger charge is -2.17. The van der Waals surface area contributed by atoms with E-state index in [1.165, 1.54) is 0 Å². The van der Waals surface area contributed by atoms with E-state index in [2.05, 4.69) is 25.3 Å². The number of hydrogen-bond acceptors (Lipinski definition) is 3. The summed E-state index contributed by atoms with van der Waals surface area (Å²) < 4.78 is 0. The van der Waals surface area contributed by atoms with Crippen LogP contribution in [-0.2, 0) is 0 Å². The van der Waals surface area contributed by atoms with Crippen LogP contribution in [0.5, 0.6) is 0 Å². The molecular formula is C10H21NOS. The van der Waals surface area contributed by atoms with E-state index in [0.717, 1.165) is 31.1 Å². The maximum atomic E-state index is 9.19. The zero-order chi connectivity index (χ0) is 10.1. The van der Waals surface area contributed by atoms with Crippen LogP contribution in [0.2, 0.25) is 0 Å². The molecule has 0 unspecified atom stereocenters. The minimum atomic E-state index is -0.346. The van der Waals surface area contributed by atoms with E-state index in [0.29, 0.717) is 0 Å². The molecule has 0 aromatic heterocycles. The highest BCUT2D eigenvalue weighted by Crippen LogP contribution is 2.04. The van der Waals surface area contributed by atoms with E-state index < -0.39 is 0 Å². The average molecular weight is 203 g/mol. The first kappa shape index (κ1) is 13.0. The minimum absolute atomic E-state index is 0.346. The quantitative estimate of drug-likeness (QED) is 0.479. The van der Waals surface area contributed by atoms with Gasteiger partial charge in [-0.05, 0) is 13.1 Å². The van der Waals surface area contributed by atoms with E-state index in [-0.39, 0.29) is 6.10 Å². The van der Waals surface area contributed by atoms with Gasteiger partial charge >= 0.3 is 0 Å². The van der Waals surface area contributed by atoms with Gasteiger partial charge in [0.15, 0.2) is 0 Å². The summed E-state index contributed by atoms with van der Waals surface area (Å²) >= 11 is 1.78. The van der Waals surface area contributed by atoms with Gasteiger partial charge in [-0.3, -0.25) is 0 Å². The van der Waals surface area contributed by atoms with Crippen molar-refractivity contribution < 1.29 is 5.11 Å². The predicted molar refractivity (Wildman–Crippen MR) is 61.3 cm³/mol. The minimum Gasteiger partial charge on any atom is -0.388 e. The lowest BCUT2D eigenvalue weighted by molar-refractivity contribution is 0.249. The van der Waals surface area contributed by atoms with E-state index in [4.69, 9.17) is 0 Å². The van der Waals surface area contributed by atoms with Crippen molar-refractivity contribution in [2.24, 2.45) is 0 Å². The fourth-order valence-electron chi connectivity index (χ4n) is 1.01. The Morgan fingerprint density at radius 2 is 2.08 bits per heavy atom. The highest BCUT2D eigenvalue weighted by Gasteiger charge is 2.00. The van der Waals surface area contributed by atoms with Gasteiger partial charge in [0.2, 0.25) is 0 Å². The average Bonchev–Trinajstić information content (AvgIpc) is 2.18. The first-order valence-corrected chi connectivity index (χ1v) is 6.00.